The second kappa shape index (κ2) is 5.58. The van der Waals surface area contributed by atoms with Gasteiger partial charge in [-0.05, 0) is 24.3 Å². The number of benzene rings is 1. The van der Waals surface area contributed by atoms with Crippen LogP contribution in [0, 0.1) is 0 Å². The Hall–Kier alpha value is -2.95. The molecule has 0 radical (unpaired) electrons. The Morgan fingerprint density at radius 1 is 1.05 bits per heavy atom. The van der Waals surface area contributed by atoms with Crippen molar-refractivity contribution in [2.45, 2.75) is 0 Å². The quantitative estimate of drug-likeness (QED) is 0.689. The number of aromatic nitrogens is 2. The van der Waals surface area contributed by atoms with Gasteiger partial charge in [-0.15, -0.1) is 0 Å². The SMILES string of the molecule is COC(=O)c1ccnc(Oc2ccc3cccnc3c2)c1. The minimum atomic E-state index is -0.428. The lowest BCUT2D eigenvalue weighted by atomic mass is 10.2. The van der Waals surface area contributed by atoms with Crippen LogP contribution in [0.3, 0.4) is 0 Å². The first-order valence-electron chi connectivity index (χ1n) is 6.33. The maximum absolute atomic E-state index is 11.5. The lowest BCUT2D eigenvalue weighted by Crippen LogP contribution is -2.01. The van der Waals surface area contributed by atoms with Crippen LogP contribution in [0.2, 0.25) is 0 Å². The van der Waals surface area contributed by atoms with E-state index in [1.54, 1.807) is 12.3 Å². The van der Waals surface area contributed by atoms with Gasteiger partial charge in [0.25, 0.3) is 0 Å². The van der Waals surface area contributed by atoms with Crippen molar-refractivity contribution in [1.29, 1.82) is 0 Å². The summed E-state index contributed by atoms with van der Waals surface area (Å²) in [6, 6.07) is 12.5. The highest BCUT2D eigenvalue weighted by Gasteiger charge is 2.08. The van der Waals surface area contributed by atoms with E-state index in [4.69, 9.17) is 4.74 Å². The Morgan fingerprint density at radius 2 is 1.95 bits per heavy atom. The van der Waals surface area contributed by atoms with Gasteiger partial charge >= 0.3 is 5.97 Å². The zero-order valence-electron chi connectivity index (χ0n) is 11.3. The van der Waals surface area contributed by atoms with Gasteiger partial charge in [0.2, 0.25) is 5.88 Å². The van der Waals surface area contributed by atoms with Crippen molar-refractivity contribution < 1.29 is 14.3 Å². The van der Waals surface area contributed by atoms with Crippen molar-refractivity contribution in [3.63, 3.8) is 0 Å². The first kappa shape index (κ1) is 13.1. The molecule has 21 heavy (non-hydrogen) atoms. The molecule has 2 heterocycles. The molecule has 2 aromatic heterocycles. The summed E-state index contributed by atoms with van der Waals surface area (Å²) in [4.78, 5) is 19.8. The van der Waals surface area contributed by atoms with Crippen molar-refractivity contribution >= 4 is 16.9 Å². The zero-order chi connectivity index (χ0) is 14.7. The molecule has 0 amide bonds. The number of esters is 1. The Labute approximate surface area is 121 Å². The maximum Gasteiger partial charge on any atom is 0.338 e. The molecule has 0 aliphatic heterocycles. The number of carbonyl (C=O) groups is 1. The van der Waals surface area contributed by atoms with E-state index < -0.39 is 5.97 Å². The molecule has 0 atom stereocenters. The van der Waals surface area contributed by atoms with Crippen LogP contribution in [-0.4, -0.2) is 23.0 Å². The van der Waals surface area contributed by atoms with Crippen molar-refractivity contribution in [2.24, 2.45) is 0 Å². The fraction of sp³-hybridized carbons (Fsp3) is 0.0625. The van der Waals surface area contributed by atoms with Crippen LogP contribution in [0.25, 0.3) is 10.9 Å². The molecule has 104 valence electrons. The van der Waals surface area contributed by atoms with Crippen LogP contribution in [0.5, 0.6) is 11.6 Å². The van der Waals surface area contributed by atoms with Crippen LogP contribution in [0.15, 0.2) is 54.9 Å². The number of ether oxygens (including phenoxy) is 2. The van der Waals surface area contributed by atoms with Crippen LogP contribution >= 0.6 is 0 Å². The van der Waals surface area contributed by atoms with E-state index >= 15 is 0 Å². The summed E-state index contributed by atoms with van der Waals surface area (Å²) < 4.78 is 10.3. The Kier molecular flexibility index (Phi) is 3.47. The van der Waals surface area contributed by atoms with E-state index in [0.717, 1.165) is 10.9 Å². The van der Waals surface area contributed by atoms with Crippen molar-refractivity contribution in [3.8, 4) is 11.6 Å². The second-order valence-corrected chi connectivity index (χ2v) is 4.33. The third-order valence-corrected chi connectivity index (χ3v) is 2.96. The molecule has 0 fully saturated rings. The van der Waals surface area contributed by atoms with Gasteiger partial charge in [-0.25, -0.2) is 9.78 Å². The van der Waals surface area contributed by atoms with Gasteiger partial charge in [-0.2, -0.15) is 0 Å². The zero-order valence-corrected chi connectivity index (χ0v) is 11.3. The number of nitrogens with zero attached hydrogens (tertiary/aromatic N) is 2. The summed E-state index contributed by atoms with van der Waals surface area (Å²) in [5.41, 5.74) is 1.22. The molecular formula is C16H12N2O3. The number of rotatable bonds is 3. The van der Waals surface area contributed by atoms with Gasteiger partial charge in [0, 0.05) is 29.9 Å². The highest BCUT2D eigenvalue weighted by molar-refractivity contribution is 5.89. The van der Waals surface area contributed by atoms with Gasteiger partial charge in [0.05, 0.1) is 18.2 Å². The monoisotopic (exact) mass is 280 g/mol. The largest absolute Gasteiger partial charge is 0.465 e. The van der Waals surface area contributed by atoms with E-state index in [0.29, 0.717) is 17.2 Å². The molecule has 0 aliphatic rings. The first-order chi connectivity index (χ1) is 10.3. The van der Waals surface area contributed by atoms with Gasteiger partial charge in [-0.3, -0.25) is 4.98 Å². The Bertz CT molecular complexity index is 802. The maximum atomic E-state index is 11.5. The highest BCUT2D eigenvalue weighted by atomic mass is 16.5. The lowest BCUT2D eigenvalue weighted by Gasteiger charge is -2.06. The summed E-state index contributed by atoms with van der Waals surface area (Å²) in [7, 11) is 1.33. The molecule has 0 saturated heterocycles. The van der Waals surface area contributed by atoms with Crippen LogP contribution in [-0.2, 0) is 4.74 Å². The molecule has 3 rings (SSSR count). The van der Waals surface area contributed by atoms with Gasteiger partial charge in [0.15, 0.2) is 0 Å². The van der Waals surface area contributed by atoms with E-state index in [1.165, 1.54) is 19.4 Å². The van der Waals surface area contributed by atoms with Gasteiger partial charge in [-0.1, -0.05) is 6.07 Å². The minimum absolute atomic E-state index is 0.327. The smallest absolute Gasteiger partial charge is 0.338 e. The topological polar surface area (TPSA) is 61.3 Å². The summed E-state index contributed by atoms with van der Waals surface area (Å²) >= 11 is 0. The Morgan fingerprint density at radius 3 is 2.81 bits per heavy atom. The van der Waals surface area contributed by atoms with Gasteiger partial charge < -0.3 is 9.47 Å². The predicted octanol–water partition coefficient (Wildman–Crippen LogP) is 3.21. The summed E-state index contributed by atoms with van der Waals surface area (Å²) in [6.45, 7) is 0. The fourth-order valence-corrected chi connectivity index (χ4v) is 1.94. The molecule has 0 bridgehead atoms. The van der Waals surface area contributed by atoms with Crippen LogP contribution < -0.4 is 4.74 Å². The molecule has 5 heteroatoms. The predicted molar refractivity (Wildman–Crippen MR) is 77.4 cm³/mol. The van der Waals surface area contributed by atoms with E-state index in [-0.39, 0.29) is 0 Å². The first-order valence-corrected chi connectivity index (χ1v) is 6.33. The standard InChI is InChI=1S/C16H12N2O3/c1-20-16(19)12-6-8-18-15(9-12)21-13-5-4-11-3-2-7-17-14(11)10-13/h2-10H,1H3. The lowest BCUT2D eigenvalue weighted by molar-refractivity contribution is 0.0600. The summed E-state index contributed by atoms with van der Waals surface area (Å²) in [6.07, 6.45) is 3.23. The molecule has 0 N–H and O–H groups in total. The van der Waals surface area contributed by atoms with Crippen LogP contribution in [0.1, 0.15) is 10.4 Å². The summed E-state index contributed by atoms with van der Waals surface area (Å²) in [5.74, 6) is 0.506. The fourth-order valence-electron chi connectivity index (χ4n) is 1.94. The summed E-state index contributed by atoms with van der Waals surface area (Å²) in [5, 5.41) is 1.03. The van der Waals surface area contributed by atoms with Crippen LogP contribution in [0.4, 0.5) is 0 Å². The number of hydrogen-bond donors (Lipinski definition) is 0. The number of hydrogen-bond acceptors (Lipinski definition) is 5. The number of methoxy groups -OCH3 is 1. The van der Waals surface area contributed by atoms with E-state index in [1.807, 2.05) is 30.3 Å². The Balaban J connectivity index is 1.89. The van der Waals surface area contributed by atoms with Gasteiger partial charge in [0.1, 0.15) is 5.75 Å². The van der Waals surface area contributed by atoms with Crippen molar-refractivity contribution in [3.05, 3.63) is 60.4 Å². The average molecular weight is 280 g/mol. The highest BCUT2D eigenvalue weighted by Crippen LogP contribution is 2.23. The molecule has 5 nitrogen and oxygen atoms in total. The second-order valence-electron chi connectivity index (χ2n) is 4.33. The third-order valence-electron chi connectivity index (χ3n) is 2.96. The molecule has 0 saturated carbocycles. The minimum Gasteiger partial charge on any atom is -0.465 e. The molecular weight excluding hydrogens is 268 g/mol. The molecule has 0 unspecified atom stereocenters. The molecule has 3 aromatic rings. The molecule has 0 aliphatic carbocycles. The molecule has 0 spiro atoms. The third kappa shape index (κ3) is 2.81. The van der Waals surface area contributed by atoms with Crippen molar-refractivity contribution in [1.82, 2.24) is 9.97 Å². The number of carbonyl (C=O) groups excluding carboxylic acids is 1. The number of fused-ring (bicyclic) bond motifs is 1. The van der Waals surface area contributed by atoms with E-state index in [2.05, 4.69) is 14.7 Å². The van der Waals surface area contributed by atoms with Crippen molar-refractivity contribution in [2.75, 3.05) is 7.11 Å². The number of pyridine rings is 2. The van der Waals surface area contributed by atoms with E-state index in [9.17, 15) is 4.79 Å². The molecule has 1 aromatic carbocycles. The normalized spacial score (nSPS) is 10.3. The average Bonchev–Trinajstić information content (AvgIpc) is 2.54.